The van der Waals surface area contributed by atoms with Crippen molar-refractivity contribution in [2.45, 2.75) is 75.5 Å². The molecule has 8 nitrogen and oxygen atoms in total. The van der Waals surface area contributed by atoms with E-state index in [4.69, 9.17) is 19.4 Å². The van der Waals surface area contributed by atoms with Crippen LogP contribution in [0.25, 0.3) is 0 Å². The first-order valence-electron chi connectivity index (χ1n) is 13.8. The topological polar surface area (TPSA) is 100 Å². The van der Waals surface area contributed by atoms with E-state index < -0.39 is 12.1 Å². The Hall–Kier alpha value is -3.47. The van der Waals surface area contributed by atoms with Crippen LogP contribution in [-0.2, 0) is 16.6 Å². The average molecular weight is 580 g/mol. The molecule has 2 aromatic carbocycles. The standard InChI is InChI=1S/C28H39N3O3.C2HF3O2/c1-5-6-7-20-8-11-22(12-9-20)29-27(32)30-23-14-15-28(16-17-31(2)26(28)19-23)21-10-13-24(33-3)25(18-21)34-4;3-2(4,5)1(6)7/h8-13,18,23,26H,5-7,14-17,19H2,1-4H3,(H2,29,30,32);(H,6,7)/t23-,26+,28+;/m1./s1. The van der Waals surface area contributed by atoms with E-state index in [2.05, 4.69) is 53.8 Å². The normalized spacial score (nSPS) is 22.1. The summed E-state index contributed by atoms with van der Waals surface area (Å²) in [5.41, 5.74) is 3.55. The first kappa shape index (κ1) is 32.0. The Morgan fingerprint density at radius 3 is 2.32 bits per heavy atom. The van der Waals surface area contributed by atoms with Crippen molar-refractivity contribution in [3.8, 4) is 11.5 Å². The third-order valence-electron chi connectivity index (χ3n) is 8.09. The number of benzene rings is 2. The van der Waals surface area contributed by atoms with E-state index in [-0.39, 0.29) is 17.5 Å². The molecule has 0 bridgehead atoms. The summed E-state index contributed by atoms with van der Waals surface area (Å²) in [5, 5.41) is 13.4. The maximum Gasteiger partial charge on any atom is 0.490 e. The van der Waals surface area contributed by atoms with Crippen LogP contribution in [0, 0.1) is 0 Å². The van der Waals surface area contributed by atoms with Crippen molar-refractivity contribution in [2.75, 3.05) is 33.1 Å². The van der Waals surface area contributed by atoms with Crippen molar-refractivity contribution in [3.05, 3.63) is 53.6 Å². The van der Waals surface area contributed by atoms with Gasteiger partial charge in [-0.05, 0) is 87.5 Å². The number of carboxylic acids is 1. The summed E-state index contributed by atoms with van der Waals surface area (Å²) in [6, 6.07) is 15.0. The lowest BCUT2D eigenvalue weighted by Gasteiger charge is -2.45. The number of rotatable bonds is 8. The van der Waals surface area contributed by atoms with Crippen molar-refractivity contribution < 1.29 is 37.3 Å². The van der Waals surface area contributed by atoms with E-state index in [1.807, 2.05) is 18.2 Å². The van der Waals surface area contributed by atoms with Gasteiger partial charge in [0, 0.05) is 23.2 Å². The predicted octanol–water partition coefficient (Wildman–Crippen LogP) is 6.00. The summed E-state index contributed by atoms with van der Waals surface area (Å²) in [6.07, 6.45) is 2.43. The predicted molar refractivity (Wildman–Crippen MR) is 151 cm³/mol. The highest BCUT2D eigenvalue weighted by Crippen LogP contribution is 2.49. The van der Waals surface area contributed by atoms with Gasteiger partial charge >= 0.3 is 18.2 Å². The lowest BCUT2D eigenvalue weighted by atomic mass is 9.65. The number of anilines is 1. The number of likely N-dealkylation sites (tertiary alicyclic amines) is 1. The highest BCUT2D eigenvalue weighted by atomic mass is 19.4. The van der Waals surface area contributed by atoms with Crippen molar-refractivity contribution in [3.63, 3.8) is 0 Å². The molecule has 3 atom stereocenters. The Morgan fingerprint density at radius 1 is 1.07 bits per heavy atom. The fourth-order valence-electron chi connectivity index (χ4n) is 5.88. The van der Waals surface area contributed by atoms with E-state index >= 15 is 0 Å². The van der Waals surface area contributed by atoms with Gasteiger partial charge < -0.3 is 30.1 Å². The number of halogens is 3. The highest BCUT2D eigenvalue weighted by Gasteiger charge is 2.50. The number of fused-ring (bicyclic) bond motifs is 1. The molecule has 11 heteroatoms. The minimum Gasteiger partial charge on any atom is -0.493 e. The van der Waals surface area contributed by atoms with Crippen LogP contribution in [0.3, 0.4) is 0 Å². The molecule has 2 amide bonds. The van der Waals surface area contributed by atoms with Gasteiger partial charge in [-0.1, -0.05) is 31.5 Å². The number of nitrogens with zero attached hydrogens (tertiary/aromatic N) is 1. The Bertz CT molecular complexity index is 1170. The lowest BCUT2D eigenvalue weighted by Crippen LogP contribution is -2.52. The number of carbonyl (C=O) groups is 2. The Balaban J connectivity index is 0.000000587. The van der Waals surface area contributed by atoms with E-state index in [9.17, 15) is 18.0 Å². The Kier molecular flexibility index (Phi) is 10.9. The zero-order chi connectivity index (χ0) is 30.2. The number of urea groups is 1. The van der Waals surface area contributed by atoms with Gasteiger partial charge in [-0.2, -0.15) is 13.2 Å². The number of unbranched alkanes of at least 4 members (excludes halogenated alkanes) is 1. The molecule has 1 heterocycles. The van der Waals surface area contributed by atoms with Crippen LogP contribution < -0.4 is 20.1 Å². The SMILES string of the molecule is CCCCc1ccc(NC(=O)N[C@@H]2CC[C@@]3(c4ccc(OC)c(OC)c4)CCN(C)[C@H]3C2)cc1.O=C(O)C(F)(F)F. The lowest BCUT2D eigenvalue weighted by molar-refractivity contribution is -0.192. The second-order valence-electron chi connectivity index (χ2n) is 10.6. The maximum atomic E-state index is 12.7. The van der Waals surface area contributed by atoms with Crippen LogP contribution in [0.15, 0.2) is 42.5 Å². The van der Waals surface area contributed by atoms with E-state index in [0.717, 1.165) is 55.8 Å². The summed E-state index contributed by atoms with van der Waals surface area (Å²) >= 11 is 0. The maximum absolute atomic E-state index is 12.7. The summed E-state index contributed by atoms with van der Waals surface area (Å²) in [4.78, 5) is 24.1. The minimum atomic E-state index is -5.08. The van der Waals surface area contributed by atoms with Crippen LogP contribution in [0.4, 0.5) is 23.7 Å². The second-order valence-corrected chi connectivity index (χ2v) is 10.6. The van der Waals surface area contributed by atoms with Crippen LogP contribution >= 0.6 is 0 Å². The summed E-state index contributed by atoms with van der Waals surface area (Å²) in [7, 11) is 5.57. The van der Waals surface area contributed by atoms with Crippen molar-refractivity contribution >= 4 is 17.7 Å². The van der Waals surface area contributed by atoms with E-state index in [1.165, 1.54) is 24.0 Å². The number of carboxylic acid groups (broad SMARTS) is 1. The molecule has 0 radical (unpaired) electrons. The Morgan fingerprint density at radius 2 is 1.73 bits per heavy atom. The molecule has 2 aliphatic rings. The van der Waals surface area contributed by atoms with E-state index in [1.54, 1.807) is 14.2 Å². The van der Waals surface area contributed by atoms with Crippen LogP contribution in [-0.4, -0.2) is 68.1 Å². The van der Waals surface area contributed by atoms with Crippen LogP contribution in [0.5, 0.6) is 11.5 Å². The number of aryl methyl sites for hydroxylation is 1. The van der Waals surface area contributed by atoms with Gasteiger partial charge in [0.2, 0.25) is 0 Å². The number of likely N-dealkylation sites (N-methyl/N-ethyl adjacent to an activating group) is 1. The zero-order valence-corrected chi connectivity index (χ0v) is 24.0. The van der Waals surface area contributed by atoms with Gasteiger partial charge in [-0.15, -0.1) is 0 Å². The van der Waals surface area contributed by atoms with Crippen molar-refractivity contribution in [1.82, 2.24) is 10.2 Å². The molecule has 1 saturated carbocycles. The monoisotopic (exact) mass is 579 g/mol. The van der Waals surface area contributed by atoms with Crippen molar-refractivity contribution in [2.24, 2.45) is 0 Å². The van der Waals surface area contributed by atoms with Gasteiger partial charge in [0.05, 0.1) is 14.2 Å². The average Bonchev–Trinajstić information content (AvgIpc) is 3.28. The minimum absolute atomic E-state index is 0.0806. The summed E-state index contributed by atoms with van der Waals surface area (Å²) < 4.78 is 42.8. The third kappa shape index (κ3) is 8.06. The van der Waals surface area contributed by atoms with Crippen LogP contribution in [0.2, 0.25) is 0 Å². The third-order valence-corrected chi connectivity index (χ3v) is 8.09. The summed E-state index contributed by atoms with van der Waals surface area (Å²) in [5.74, 6) is -1.22. The molecule has 1 aliphatic heterocycles. The van der Waals surface area contributed by atoms with Crippen LogP contribution in [0.1, 0.15) is 56.6 Å². The molecular formula is C30H40F3N3O5. The number of ether oxygens (including phenoxy) is 2. The first-order chi connectivity index (χ1) is 19.4. The van der Waals surface area contributed by atoms with Gasteiger partial charge in [-0.25, -0.2) is 9.59 Å². The number of carbonyl (C=O) groups excluding carboxylic acids is 1. The molecule has 2 aromatic rings. The summed E-state index contributed by atoms with van der Waals surface area (Å²) in [6.45, 7) is 3.26. The Labute approximate surface area is 239 Å². The molecule has 41 heavy (non-hydrogen) atoms. The molecule has 226 valence electrons. The molecule has 3 N–H and O–H groups in total. The highest BCUT2D eigenvalue weighted by molar-refractivity contribution is 5.89. The molecule has 1 aliphatic carbocycles. The fraction of sp³-hybridized carbons (Fsp3) is 0.533. The number of alkyl halides is 3. The molecule has 2 fully saturated rings. The number of methoxy groups -OCH3 is 2. The molecule has 0 spiro atoms. The quantitative estimate of drug-likeness (QED) is 0.355. The zero-order valence-electron chi connectivity index (χ0n) is 24.0. The van der Waals surface area contributed by atoms with Gasteiger partial charge in [0.25, 0.3) is 0 Å². The fourth-order valence-corrected chi connectivity index (χ4v) is 5.88. The van der Waals surface area contributed by atoms with Gasteiger partial charge in [0.15, 0.2) is 11.5 Å². The molecule has 0 unspecified atom stereocenters. The van der Waals surface area contributed by atoms with Gasteiger partial charge in [-0.3, -0.25) is 0 Å². The number of hydrogen-bond acceptors (Lipinski definition) is 5. The largest absolute Gasteiger partial charge is 0.493 e. The molecular weight excluding hydrogens is 539 g/mol. The first-order valence-corrected chi connectivity index (χ1v) is 13.8. The number of nitrogens with one attached hydrogen (secondary N) is 2. The molecule has 4 rings (SSSR count). The van der Waals surface area contributed by atoms with Crippen molar-refractivity contribution in [1.29, 1.82) is 0 Å². The number of hydrogen-bond donors (Lipinski definition) is 3. The second kappa shape index (κ2) is 13.9. The van der Waals surface area contributed by atoms with Gasteiger partial charge in [0.1, 0.15) is 0 Å². The van der Waals surface area contributed by atoms with E-state index in [0.29, 0.717) is 6.04 Å². The number of amides is 2. The molecule has 0 aromatic heterocycles. The number of aliphatic carboxylic acids is 1. The smallest absolute Gasteiger partial charge is 0.490 e. The molecule has 1 saturated heterocycles.